The highest BCUT2D eigenvalue weighted by atomic mass is 16.5. The molecular formula is C23H24N4O6. The third kappa shape index (κ3) is 4.96. The van der Waals surface area contributed by atoms with E-state index in [-0.39, 0.29) is 12.3 Å². The van der Waals surface area contributed by atoms with E-state index in [0.717, 1.165) is 16.4 Å². The smallest absolute Gasteiger partial charge is 0.329 e. The summed E-state index contributed by atoms with van der Waals surface area (Å²) in [6.45, 7) is 3.08. The Morgan fingerprint density at radius 2 is 1.85 bits per heavy atom. The first-order chi connectivity index (χ1) is 16.0. The zero-order chi connectivity index (χ0) is 23.4. The standard InChI is InChI=1S/C23H24N4O6/c1-14(25-26-22(29)23(30)27-7-9-32-10-8-27)11-21(28)24-17-13-19-16(12-20(17)31-2)15-5-3-4-6-18(15)33-19/h3-6,12-13H,7-11H2,1-2H3,(H,24,28)(H,26,29)/b25-14+. The summed E-state index contributed by atoms with van der Waals surface area (Å²) in [7, 11) is 1.52. The van der Waals surface area contributed by atoms with Crippen LogP contribution in [0.2, 0.25) is 0 Å². The molecule has 0 atom stereocenters. The van der Waals surface area contributed by atoms with Crippen LogP contribution < -0.4 is 15.5 Å². The van der Waals surface area contributed by atoms with Gasteiger partial charge in [-0.3, -0.25) is 14.4 Å². The van der Waals surface area contributed by atoms with Crippen molar-refractivity contribution in [2.45, 2.75) is 13.3 Å². The topological polar surface area (TPSA) is 122 Å². The number of nitrogens with zero attached hydrogens (tertiary/aromatic N) is 2. The van der Waals surface area contributed by atoms with Crippen molar-refractivity contribution in [2.75, 3.05) is 38.7 Å². The minimum Gasteiger partial charge on any atom is -0.495 e. The Morgan fingerprint density at radius 3 is 2.61 bits per heavy atom. The van der Waals surface area contributed by atoms with E-state index >= 15 is 0 Å². The minimum absolute atomic E-state index is 0.0899. The molecule has 1 aliphatic rings. The Balaban J connectivity index is 1.40. The van der Waals surface area contributed by atoms with Gasteiger partial charge in [0, 0.05) is 35.6 Å². The highest BCUT2D eigenvalue weighted by Crippen LogP contribution is 2.36. The number of rotatable bonds is 5. The zero-order valence-corrected chi connectivity index (χ0v) is 18.3. The fourth-order valence-corrected chi connectivity index (χ4v) is 3.59. The van der Waals surface area contributed by atoms with Crippen molar-refractivity contribution in [1.82, 2.24) is 10.3 Å². The molecule has 0 saturated carbocycles. The Bertz CT molecular complexity index is 1240. The number of carbonyl (C=O) groups excluding carboxylic acids is 3. The SMILES string of the molecule is COc1cc2c(cc1NC(=O)C/C(C)=N/NC(=O)C(=O)N1CCOCC1)oc1ccccc12. The molecule has 0 bridgehead atoms. The lowest BCUT2D eigenvalue weighted by Gasteiger charge is -2.25. The fourth-order valence-electron chi connectivity index (χ4n) is 3.59. The van der Waals surface area contributed by atoms with Crippen LogP contribution in [-0.4, -0.2) is 61.7 Å². The summed E-state index contributed by atoms with van der Waals surface area (Å²) in [6, 6.07) is 11.2. The molecular weight excluding hydrogens is 428 g/mol. The second kappa shape index (κ2) is 9.70. The molecule has 4 rings (SSSR count). The van der Waals surface area contributed by atoms with Crippen LogP contribution in [0.25, 0.3) is 21.9 Å². The fraction of sp³-hybridized carbons (Fsp3) is 0.304. The number of morpholine rings is 1. The summed E-state index contributed by atoms with van der Waals surface area (Å²) in [4.78, 5) is 38.1. The number of nitrogens with one attached hydrogen (secondary N) is 2. The second-order valence-corrected chi connectivity index (χ2v) is 7.56. The lowest BCUT2D eigenvalue weighted by atomic mass is 10.1. The number of carbonyl (C=O) groups is 3. The third-order valence-electron chi connectivity index (χ3n) is 5.23. The molecule has 2 N–H and O–H groups in total. The molecule has 3 aromatic rings. The summed E-state index contributed by atoms with van der Waals surface area (Å²) in [6.07, 6.45) is -0.0899. The van der Waals surface area contributed by atoms with E-state index in [0.29, 0.717) is 49.0 Å². The molecule has 0 unspecified atom stereocenters. The molecule has 1 saturated heterocycles. The number of benzene rings is 2. The summed E-state index contributed by atoms with van der Waals surface area (Å²) in [5.74, 6) is -1.41. The van der Waals surface area contributed by atoms with Gasteiger partial charge in [-0.05, 0) is 19.1 Å². The molecule has 33 heavy (non-hydrogen) atoms. The molecule has 0 aliphatic carbocycles. The van der Waals surface area contributed by atoms with Gasteiger partial charge in [0.1, 0.15) is 16.9 Å². The Morgan fingerprint density at radius 1 is 1.09 bits per heavy atom. The molecule has 2 heterocycles. The van der Waals surface area contributed by atoms with E-state index in [1.807, 2.05) is 30.3 Å². The van der Waals surface area contributed by atoms with Crippen LogP contribution in [0, 0.1) is 0 Å². The number of methoxy groups -OCH3 is 1. The average molecular weight is 452 g/mol. The lowest BCUT2D eigenvalue weighted by molar-refractivity contribution is -0.148. The molecule has 1 aliphatic heterocycles. The van der Waals surface area contributed by atoms with Crippen LogP contribution in [0.1, 0.15) is 13.3 Å². The number of fused-ring (bicyclic) bond motifs is 3. The van der Waals surface area contributed by atoms with Crippen LogP contribution in [0.4, 0.5) is 5.69 Å². The summed E-state index contributed by atoms with van der Waals surface area (Å²) < 4.78 is 16.5. The van der Waals surface area contributed by atoms with Crippen LogP contribution in [0.3, 0.4) is 0 Å². The highest BCUT2D eigenvalue weighted by molar-refractivity contribution is 6.35. The molecule has 2 aromatic carbocycles. The van der Waals surface area contributed by atoms with Gasteiger partial charge in [-0.2, -0.15) is 5.10 Å². The van der Waals surface area contributed by atoms with E-state index in [1.54, 1.807) is 13.0 Å². The van der Waals surface area contributed by atoms with Crippen molar-refractivity contribution in [1.29, 1.82) is 0 Å². The largest absolute Gasteiger partial charge is 0.495 e. The number of para-hydroxylation sites is 1. The Kier molecular flexibility index (Phi) is 6.55. The van der Waals surface area contributed by atoms with Crippen molar-refractivity contribution in [3.8, 4) is 5.75 Å². The summed E-state index contributed by atoms with van der Waals surface area (Å²) in [5.41, 5.74) is 4.35. The maximum atomic E-state index is 12.5. The minimum atomic E-state index is -0.853. The number of amides is 3. The van der Waals surface area contributed by atoms with Gasteiger partial charge in [-0.1, -0.05) is 18.2 Å². The van der Waals surface area contributed by atoms with E-state index in [1.165, 1.54) is 12.0 Å². The quantitative estimate of drug-likeness (QED) is 0.348. The monoisotopic (exact) mass is 452 g/mol. The number of hydrogen-bond acceptors (Lipinski definition) is 7. The van der Waals surface area contributed by atoms with Crippen LogP contribution in [0.15, 0.2) is 45.9 Å². The molecule has 3 amide bonds. The first-order valence-corrected chi connectivity index (χ1v) is 10.5. The summed E-state index contributed by atoms with van der Waals surface area (Å²) >= 11 is 0. The Hall–Kier alpha value is -3.92. The molecule has 1 fully saturated rings. The first-order valence-electron chi connectivity index (χ1n) is 10.5. The molecule has 172 valence electrons. The molecule has 10 heteroatoms. The van der Waals surface area contributed by atoms with E-state index < -0.39 is 11.8 Å². The zero-order valence-electron chi connectivity index (χ0n) is 18.3. The van der Waals surface area contributed by atoms with Gasteiger partial charge in [0.25, 0.3) is 0 Å². The predicted molar refractivity (Wildman–Crippen MR) is 122 cm³/mol. The van der Waals surface area contributed by atoms with Crippen LogP contribution >= 0.6 is 0 Å². The third-order valence-corrected chi connectivity index (χ3v) is 5.23. The van der Waals surface area contributed by atoms with E-state index in [2.05, 4.69) is 15.8 Å². The van der Waals surface area contributed by atoms with Crippen molar-refractivity contribution >= 4 is 51.1 Å². The maximum absolute atomic E-state index is 12.5. The van der Waals surface area contributed by atoms with Gasteiger partial charge in [0.2, 0.25) is 5.91 Å². The first kappa shape index (κ1) is 22.3. The van der Waals surface area contributed by atoms with Gasteiger partial charge in [-0.25, -0.2) is 5.43 Å². The van der Waals surface area contributed by atoms with Gasteiger partial charge in [0.05, 0.1) is 32.4 Å². The lowest BCUT2D eigenvalue weighted by Crippen LogP contribution is -2.47. The van der Waals surface area contributed by atoms with Gasteiger partial charge >= 0.3 is 11.8 Å². The highest BCUT2D eigenvalue weighted by Gasteiger charge is 2.23. The van der Waals surface area contributed by atoms with Gasteiger partial charge < -0.3 is 24.1 Å². The van der Waals surface area contributed by atoms with Crippen LogP contribution in [0.5, 0.6) is 5.75 Å². The van der Waals surface area contributed by atoms with Gasteiger partial charge in [0.15, 0.2) is 0 Å². The number of hydrogen-bond donors (Lipinski definition) is 2. The maximum Gasteiger partial charge on any atom is 0.329 e. The van der Waals surface area contributed by atoms with Crippen molar-refractivity contribution in [2.24, 2.45) is 5.10 Å². The molecule has 0 radical (unpaired) electrons. The van der Waals surface area contributed by atoms with Crippen LogP contribution in [-0.2, 0) is 19.1 Å². The van der Waals surface area contributed by atoms with Gasteiger partial charge in [-0.15, -0.1) is 0 Å². The number of hydrazone groups is 1. The second-order valence-electron chi connectivity index (χ2n) is 7.56. The van der Waals surface area contributed by atoms with Crippen molar-refractivity contribution in [3.05, 3.63) is 36.4 Å². The predicted octanol–water partition coefficient (Wildman–Crippen LogP) is 2.27. The number of anilines is 1. The van der Waals surface area contributed by atoms with E-state index in [9.17, 15) is 14.4 Å². The number of furan rings is 1. The normalized spacial score (nSPS) is 14.4. The van der Waals surface area contributed by atoms with Crippen molar-refractivity contribution < 1.29 is 28.3 Å². The molecule has 0 spiro atoms. The average Bonchev–Trinajstić information content (AvgIpc) is 3.19. The van der Waals surface area contributed by atoms with Crippen molar-refractivity contribution in [3.63, 3.8) is 0 Å². The molecule has 1 aromatic heterocycles. The molecule has 10 nitrogen and oxygen atoms in total. The van der Waals surface area contributed by atoms with E-state index in [4.69, 9.17) is 13.9 Å². The number of ether oxygens (including phenoxy) is 2. The Labute approximate surface area is 189 Å². The summed E-state index contributed by atoms with van der Waals surface area (Å²) in [5, 5.41) is 8.49.